The predicted molar refractivity (Wildman–Crippen MR) is 85.4 cm³/mol. The number of aromatic hydroxyl groups is 1. The number of hydrogen-bond acceptors (Lipinski definition) is 6. The van der Waals surface area contributed by atoms with Gasteiger partial charge in [-0.1, -0.05) is 18.2 Å². The fourth-order valence-corrected chi connectivity index (χ4v) is 3.54. The van der Waals surface area contributed by atoms with Crippen LogP contribution in [-0.2, 0) is 16.0 Å². The maximum atomic E-state index is 10.9. The Morgan fingerprint density at radius 2 is 2.21 bits per heavy atom. The quantitative estimate of drug-likeness (QED) is 0.765. The van der Waals surface area contributed by atoms with Gasteiger partial charge in [0, 0.05) is 24.5 Å². The molecule has 0 amide bonds. The molecule has 2 aliphatic rings. The van der Waals surface area contributed by atoms with Crippen LogP contribution in [0.5, 0.6) is 5.75 Å². The van der Waals surface area contributed by atoms with Crippen LogP contribution in [0.25, 0.3) is 0 Å². The molecule has 128 valence electrons. The van der Waals surface area contributed by atoms with E-state index in [1.807, 2.05) is 29.8 Å². The van der Waals surface area contributed by atoms with E-state index in [1.165, 1.54) is 0 Å². The molecular weight excluding hydrogens is 310 g/mol. The highest BCUT2D eigenvalue weighted by Crippen LogP contribution is 2.36. The van der Waals surface area contributed by atoms with Crippen molar-refractivity contribution >= 4 is 0 Å². The zero-order chi connectivity index (χ0) is 16.7. The Labute approximate surface area is 139 Å². The number of fused-ring (bicyclic) bond motifs is 2. The monoisotopic (exact) mass is 331 g/mol. The van der Waals surface area contributed by atoms with Crippen molar-refractivity contribution in [1.29, 1.82) is 0 Å². The summed E-state index contributed by atoms with van der Waals surface area (Å²) in [4.78, 5) is 4.23. The van der Waals surface area contributed by atoms with Crippen molar-refractivity contribution in [3.05, 3.63) is 48.0 Å². The van der Waals surface area contributed by atoms with Gasteiger partial charge in [-0.3, -0.25) is 0 Å². The number of aliphatic hydroxyl groups is 1. The van der Waals surface area contributed by atoms with Crippen LogP contribution >= 0.6 is 0 Å². The fraction of sp³-hybridized carbons (Fsp3) is 0.471. The summed E-state index contributed by atoms with van der Waals surface area (Å²) in [7, 11) is 0. The number of imidazole rings is 1. The highest BCUT2D eigenvalue weighted by molar-refractivity contribution is 5.31. The number of benzene rings is 1. The van der Waals surface area contributed by atoms with Crippen LogP contribution in [0.3, 0.4) is 0 Å². The molecule has 0 unspecified atom stereocenters. The van der Waals surface area contributed by atoms with Crippen LogP contribution in [0.1, 0.15) is 17.4 Å². The minimum absolute atomic E-state index is 0.212. The van der Waals surface area contributed by atoms with Gasteiger partial charge in [-0.2, -0.15) is 0 Å². The van der Waals surface area contributed by atoms with Gasteiger partial charge >= 0.3 is 0 Å². The maximum Gasteiger partial charge on any atom is 0.181 e. The van der Waals surface area contributed by atoms with Crippen LogP contribution in [0.15, 0.2) is 36.7 Å². The Morgan fingerprint density at radius 1 is 1.38 bits per heavy atom. The number of aromatic nitrogens is 2. The Hall–Kier alpha value is -1.93. The zero-order valence-corrected chi connectivity index (χ0v) is 13.4. The maximum absolute atomic E-state index is 10.9. The van der Waals surface area contributed by atoms with Gasteiger partial charge in [0.05, 0.1) is 18.8 Å². The molecule has 2 aromatic rings. The number of aryl methyl sites for hydroxylation is 1. The van der Waals surface area contributed by atoms with Crippen LogP contribution < -0.4 is 5.32 Å². The summed E-state index contributed by atoms with van der Waals surface area (Å²) in [6.45, 7) is 2.76. The largest absolute Gasteiger partial charge is 0.508 e. The van der Waals surface area contributed by atoms with Crippen molar-refractivity contribution in [2.75, 3.05) is 6.61 Å². The molecule has 1 aromatic heterocycles. The lowest BCUT2D eigenvalue weighted by atomic mass is 9.95. The molecule has 2 aliphatic heterocycles. The Balaban J connectivity index is 1.54. The molecule has 24 heavy (non-hydrogen) atoms. The van der Waals surface area contributed by atoms with Gasteiger partial charge in [0.2, 0.25) is 0 Å². The van der Waals surface area contributed by atoms with Crippen LogP contribution in [0.4, 0.5) is 0 Å². The van der Waals surface area contributed by atoms with E-state index in [9.17, 15) is 10.2 Å². The van der Waals surface area contributed by atoms with Gasteiger partial charge in [0.1, 0.15) is 23.7 Å². The first-order chi connectivity index (χ1) is 11.6. The van der Waals surface area contributed by atoms with E-state index in [0.717, 1.165) is 11.4 Å². The molecule has 2 fully saturated rings. The van der Waals surface area contributed by atoms with Crippen molar-refractivity contribution in [3.63, 3.8) is 0 Å². The first kappa shape index (κ1) is 15.6. The molecule has 3 heterocycles. The molecule has 5 atom stereocenters. The first-order valence-corrected chi connectivity index (χ1v) is 8.10. The van der Waals surface area contributed by atoms with Gasteiger partial charge < -0.3 is 29.6 Å². The van der Waals surface area contributed by atoms with Gasteiger partial charge in [0.25, 0.3) is 0 Å². The number of phenols is 1. The van der Waals surface area contributed by atoms with Crippen LogP contribution in [0, 0.1) is 6.92 Å². The van der Waals surface area contributed by atoms with E-state index in [2.05, 4.69) is 10.3 Å². The Bertz CT molecular complexity index is 719. The summed E-state index contributed by atoms with van der Waals surface area (Å²) in [5.41, 5.74) is 0.779. The molecule has 0 spiro atoms. The number of ether oxygens (including phenoxy) is 2. The third-order valence-electron chi connectivity index (χ3n) is 4.83. The molecule has 1 aromatic carbocycles. The summed E-state index contributed by atoms with van der Waals surface area (Å²) in [6.07, 6.45) is 2.16. The molecule has 3 N–H and O–H groups in total. The van der Waals surface area contributed by atoms with E-state index in [0.29, 0.717) is 13.2 Å². The summed E-state index contributed by atoms with van der Waals surface area (Å²) in [5.74, 6) is 1.04. The second-order valence-electron chi connectivity index (χ2n) is 6.27. The second-order valence-corrected chi connectivity index (χ2v) is 6.27. The lowest BCUT2D eigenvalue weighted by Gasteiger charge is -2.39. The van der Waals surface area contributed by atoms with E-state index >= 15 is 0 Å². The third-order valence-corrected chi connectivity index (χ3v) is 4.83. The van der Waals surface area contributed by atoms with Crippen molar-refractivity contribution in [3.8, 4) is 5.75 Å². The smallest absolute Gasteiger partial charge is 0.181 e. The molecule has 7 nitrogen and oxygen atoms in total. The molecule has 0 saturated carbocycles. The number of rotatable bonds is 4. The van der Waals surface area contributed by atoms with Crippen molar-refractivity contribution < 1.29 is 19.7 Å². The minimum atomic E-state index is -0.685. The number of hydrogen-bond donors (Lipinski definition) is 3. The molecule has 2 saturated heterocycles. The Morgan fingerprint density at radius 3 is 2.96 bits per heavy atom. The predicted octanol–water partition coefficient (Wildman–Crippen LogP) is 0.713. The van der Waals surface area contributed by atoms with Crippen molar-refractivity contribution in [2.24, 2.45) is 0 Å². The average Bonchev–Trinajstić information content (AvgIpc) is 3.18. The van der Waals surface area contributed by atoms with E-state index < -0.39 is 12.4 Å². The van der Waals surface area contributed by atoms with Crippen molar-refractivity contribution in [2.45, 2.75) is 44.1 Å². The number of phenolic OH excluding ortho intramolecular Hbond substituents is 1. The molecule has 2 bridgehead atoms. The average molecular weight is 331 g/mol. The van der Waals surface area contributed by atoms with Crippen LogP contribution in [-0.4, -0.2) is 50.9 Å². The molecule has 4 rings (SSSR count). The second kappa shape index (κ2) is 6.18. The van der Waals surface area contributed by atoms with Crippen LogP contribution in [0.2, 0.25) is 0 Å². The number of para-hydroxylation sites is 1. The standard InChI is InChI=1S/C17H21N3O4/c1-10-18-6-7-20(10)15-16(22)14(13-9-23-17(15)24-13)19-8-11-4-2-3-5-12(11)21/h2-7,13-17,19,21-22H,8-9H2,1H3/t13-,14-,15-,16+,17-/m1/s1. The van der Waals surface area contributed by atoms with E-state index in [1.54, 1.807) is 18.3 Å². The van der Waals surface area contributed by atoms with Crippen molar-refractivity contribution in [1.82, 2.24) is 14.9 Å². The van der Waals surface area contributed by atoms with Gasteiger partial charge in [-0.05, 0) is 13.0 Å². The third kappa shape index (κ3) is 2.59. The zero-order valence-electron chi connectivity index (χ0n) is 13.4. The Kier molecular flexibility index (Phi) is 4.01. The SMILES string of the molecule is Cc1nccn1[C@H]1[C@@H]2OC[C@@H](O2)[C@@H](NCc2ccccc2O)[C@@H]1O. The van der Waals surface area contributed by atoms with Gasteiger partial charge in [-0.25, -0.2) is 4.98 Å². The molecular formula is C17H21N3O4. The molecule has 0 aliphatic carbocycles. The van der Waals surface area contributed by atoms with E-state index in [4.69, 9.17) is 9.47 Å². The lowest BCUT2D eigenvalue weighted by molar-refractivity contribution is -0.165. The summed E-state index contributed by atoms with van der Waals surface area (Å²) < 4.78 is 13.6. The summed E-state index contributed by atoms with van der Waals surface area (Å²) in [6, 6.07) is 6.51. The first-order valence-electron chi connectivity index (χ1n) is 8.10. The number of nitrogens with one attached hydrogen (secondary N) is 1. The lowest BCUT2D eigenvalue weighted by Crippen LogP contribution is -2.57. The minimum Gasteiger partial charge on any atom is -0.508 e. The normalized spacial score (nSPS) is 32.2. The molecule has 0 radical (unpaired) electrons. The number of aliphatic hydroxyl groups excluding tert-OH is 1. The highest BCUT2D eigenvalue weighted by Gasteiger charge is 2.50. The summed E-state index contributed by atoms with van der Waals surface area (Å²) >= 11 is 0. The number of nitrogens with zero attached hydrogens (tertiary/aromatic N) is 2. The van der Waals surface area contributed by atoms with Gasteiger partial charge in [-0.15, -0.1) is 0 Å². The highest BCUT2D eigenvalue weighted by atomic mass is 16.7. The van der Waals surface area contributed by atoms with Gasteiger partial charge in [0.15, 0.2) is 6.29 Å². The molecule has 7 heteroatoms. The van der Waals surface area contributed by atoms with E-state index in [-0.39, 0.29) is 23.9 Å². The fourth-order valence-electron chi connectivity index (χ4n) is 3.54. The topological polar surface area (TPSA) is 88.8 Å². The summed E-state index contributed by atoms with van der Waals surface area (Å²) in [5, 5.41) is 24.1.